The van der Waals surface area contributed by atoms with Gasteiger partial charge in [-0.1, -0.05) is 13.8 Å². The summed E-state index contributed by atoms with van der Waals surface area (Å²) in [6.45, 7) is 9.95. The molecule has 0 aromatic carbocycles. The predicted molar refractivity (Wildman–Crippen MR) is 70.6 cm³/mol. The lowest BCUT2D eigenvalue weighted by molar-refractivity contribution is -0.0336. The summed E-state index contributed by atoms with van der Waals surface area (Å²) in [4.78, 5) is 11.4. The van der Waals surface area contributed by atoms with Crippen molar-refractivity contribution in [1.29, 1.82) is 0 Å². The predicted octanol–water partition coefficient (Wildman–Crippen LogP) is 2.08. The van der Waals surface area contributed by atoms with E-state index in [9.17, 15) is 4.79 Å². The smallest absolute Gasteiger partial charge is 0.407 e. The maximum absolute atomic E-state index is 11.4. The quantitative estimate of drug-likeness (QED) is 0.798. The average Bonchev–Trinajstić information content (AvgIpc) is 2.30. The second-order valence-corrected chi connectivity index (χ2v) is 5.06. The van der Waals surface area contributed by atoms with Crippen LogP contribution in [0.5, 0.6) is 0 Å². The van der Waals surface area contributed by atoms with Crippen molar-refractivity contribution in [2.45, 2.75) is 65.2 Å². The Morgan fingerprint density at radius 1 is 1.39 bits per heavy atom. The van der Waals surface area contributed by atoms with Gasteiger partial charge >= 0.3 is 6.09 Å². The number of aliphatic hydroxyl groups is 1. The van der Waals surface area contributed by atoms with Crippen molar-refractivity contribution in [2.24, 2.45) is 0 Å². The Labute approximate surface area is 110 Å². The molecule has 18 heavy (non-hydrogen) atoms. The van der Waals surface area contributed by atoms with E-state index in [1.807, 2.05) is 34.6 Å². The zero-order valence-corrected chi connectivity index (χ0v) is 12.2. The van der Waals surface area contributed by atoms with Gasteiger partial charge in [0.2, 0.25) is 0 Å². The number of nitrogens with one attached hydrogen (secondary N) is 1. The van der Waals surface area contributed by atoms with Crippen molar-refractivity contribution in [2.75, 3.05) is 13.2 Å². The number of carbonyl (C=O) groups is 1. The minimum Gasteiger partial charge on any atom is -0.444 e. The first-order valence-electron chi connectivity index (χ1n) is 6.62. The molecule has 0 radical (unpaired) electrons. The van der Waals surface area contributed by atoms with Gasteiger partial charge in [-0.2, -0.15) is 0 Å². The molecule has 1 aliphatic rings. The van der Waals surface area contributed by atoms with Crippen LogP contribution in [0.25, 0.3) is 0 Å². The van der Waals surface area contributed by atoms with E-state index in [2.05, 4.69) is 5.32 Å². The van der Waals surface area contributed by atoms with Crippen LogP contribution in [-0.2, 0) is 9.47 Å². The molecule has 1 saturated heterocycles. The lowest BCUT2D eigenvalue weighted by Crippen LogP contribution is -2.45. The van der Waals surface area contributed by atoms with Crippen molar-refractivity contribution >= 4 is 6.09 Å². The van der Waals surface area contributed by atoms with Crippen LogP contribution < -0.4 is 5.32 Å². The van der Waals surface area contributed by atoms with Gasteiger partial charge < -0.3 is 19.9 Å². The lowest BCUT2D eigenvalue weighted by atomic mass is 10.1. The summed E-state index contributed by atoms with van der Waals surface area (Å²) in [6.07, 6.45) is 1.07. The third-order valence-electron chi connectivity index (χ3n) is 2.29. The molecule has 0 aliphatic carbocycles. The highest BCUT2D eigenvalue weighted by Crippen LogP contribution is 2.14. The zero-order valence-electron chi connectivity index (χ0n) is 12.2. The maximum atomic E-state index is 11.4. The minimum absolute atomic E-state index is 0.0161. The molecule has 1 fully saturated rings. The maximum Gasteiger partial charge on any atom is 0.407 e. The highest BCUT2D eigenvalue weighted by atomic mass is 16.6. The van der Waals surface area contributed by atoms with E-state index >= 15 is 0 Å². The van der Waals surface area contributed by atoms with Gasteiger partial charge in [0, 0.05) is 0 Å². The monoisotopic (exact) mass is 261 g/mol. The van der Waals surface area contributed by atoms with Crippen LogP contribution in [0.2, 0.25) is 0 Å². The zero-order chi connectivity index (χ0) is 14.2. The molecule has 2 unspecified atom stereocenters. The molecule has 1 aliphatic heterocycles. The first-order chi connectivity index (χ1) is 8.40. The van der Waals surface area contributed by atoms with Crippen LogP contribution in [0.3, 0.4) is 0 Å². The summed E-state index contributed by atoms with van der Waals surface area (Å²) in [5.74, 6) is 0. The van der Waals surface area contributed by atoms with Gasteiger partial charge in [-0.25, -0.2) is 4.79 Å². The number of alkyl carbamates (subject to hydrolysis) is 1. The van der Waals surface area contributed by atoms with Crippen LogP contribution in [0, 0.1) is 0 Å². The Bertz CT molecular complexity index is 230. The number of carbonyl (C=O) groups excluding carboxylic acids is 1. The lowest BCUT2D eigenvalue weighted by Gasteiger charge is -2.29. The Balaban J connectivity index is 0.00000137. The average molecular weight is 261 g/mol. The molecule has 108 valence electrons. The Morgan fingerprint density at radius 3 is 2.39 bits per heavy atom. The van der Waals surface area contributed by atoms with E-state index in [-0.39, 0.29) is 18.8 Å². The molecule has 0 spiro atoms. The van der Waals surface area contributed by atoms with E-state index < -0.39 is 11.7 Å². The number of rotatable bonds is 2. The van der Waals surface area contributed by atoms with E-state index in [1.54, 1.807) is 0 Å². The summed E-state index contributed by atoms with van der Waals surface area (Å²) in [5.41, 5.74) is -0.479. The summed E-state index contributed by atoms with van der Waals surface area (Å²) in [6, 6.07) is -0.0161. The van der Waals surface area contributed by atoms with Gasteiger partial charge in [0.1, 0.15) is 5.60 Å². The number of amides is 1. The third-order valence-corrected chi connectivity index (χ3v) is 2.29. The molecular weight excluding hydrogens is 234 g/mol. The van der Waals surface area contributed by atoms with Gasteiger partial charge in [0.15, 0.2) is 0 Å². The second-order valence-electron chi connectivity index (χ2n) is 5.06. The molecule has 0 saturated carbocycles. The molecule has 0 bridgehead atoms. The second kappa shape index (κ2) is 8.32. The number of ether oxygens (including phenoxy) is 2. The van der Waals surface area contributed by atoms with Gasteiger partial charge in [-0.15, -0.1) is 0 Å². The van der Waals surface area contributed by atoms with Crippen molar-refractivity contribution in [3.63, 3.8) is 0 Å². The van der Waals surface area contributed by atoms with E-state index in [4.69, 9.17) is 14.6 Å². The number of hydrogen-bond donors (Lipinski definition) is 2. The normalized spacial score (nSPS) is 23.7. The SMILES string of the molecule is CC.CC(C)(C)OC(=O)NC1CCC(CO)OC1. The standard InChI is InChI=1S/C11H21NO4.C2H6/c1-11(2,3)16-10(14)12-8-4-5-9(6-13)15-7-8;1-2/h8-9,13H,4-7H2,1-3H3,(H,12,14);1-2H3. The van der Waals surface area contributed by atoms with Crippen molar-refractivity contribution in [3.8, 4) is 0 Å². The fourth-order valence-corrected chi connectivity index (χ4v) is 1.54. The fraction of sp³-hybridized carbons (Fsp3) is 0.923. The third kappa shape index (κ3) is 7.50. The topological polar surface area (TPSA) is 67.8 Å². The molecule has 1 amide bonds. The van der Waals surface area contributed by atoms with Gasteiger partial charge in [-0.3, -0.25) is 0 Å². The van der Waals surface area contributed by atoms with Crippen LogP contribution >= 0.6 is 0 Å². The first kappa shape index (κ1) is 17.2. The first-order valence-corrected chi connectivity index (χ1v) is 6.62. The summed E-state index contributed by atoms with van der Waals surface area (Å²) >= 11 is 0. The molecule has 5 nitrogen and oxygen atoms in total. The van der Waals surface area contributed by atoms with Crippen molar-refractivity contribution in [3.05, 3.63) is 0 Å². The fourth-order valence-electron chi connectivity index (χ4n) is 1.54. The van der Waals surface area contributed by atoms with Crippen molar-refractivity contribution in [1.82, 2.24) is 5.32 Å². The van der Waals surface area contributed by atoms with Crippen LogP contribution in [0.15, 0.2) is 0 Å². The minimum atomic E-state index is -0.479. The van der Waals surface area contributed by atoms with Crippen molar-refractivity contribution < 1.29 is 19.4 Å². The van der Waals surface area contributed by atoms with E-state index in [0.717, 1.165) is 12.8 Å². The summed E-state index contributed by atoms with van der Waals surface area (Å²) in [5, 5.41) is 11.6. The van der Waals surface area contributed by atoms with Crippen LogP contribution in [-0.4, -0.2) is 42.2 Å². The summed E-state index contributed by atoms with van der Waals surface area (Å²) in [7, 11) is 0. The van der Waals surface area contributed by atoms with E-state index in [1.165, 1.54) is 0 Å². The molecule has 0 aromatic rings. The molecular formula is C13H27NO4. The van der Waals surface area contributed by atoms with Crippen LogP contribution in [0.4, 0.5) is 4.79 Å². The van der Waals surface area contributed by atoms with E-state index in [0.29, 0.717) is 6.61 Å². The number of aliphatic hydroxyl groups excluding tert-OH is 1. The molecule has 1 heterocycles. The molecule has 0 aromatic heterocycles. The highest BCUT2D eigenvalue weighted by molar-refractivity contribution is 5.68. The van der Waals surface area contributed by atoms with Gasteiger partial charge in [0.25, 0.3) is 0 Å². The van der Waals surface area contributed by atoms with Gasteiger partial charge in [0.05, 0.1) is 25.4 Å². The highest BCUT2D eigenvalue weighted by Gasteiger charge is 2.24. The number of hydrogen-bond acceptors (Lipinski definition) is 4. The Morgan fingerprint density at radius 2 is 2.00 bits per heavy atom. The molecule has 2 atom stereocenters. The Kier molecular flexibility index (Phi) is 7.95. The molecule has 1 rings (SSSR count). The molecule has 2 N–H and O–H groups in total. The molecule has 5 heteroatoms. The summed E-state index contributed by atoms with van der Waals surface area (Å²) < 4.78 is 10.5. The largest absolute Gasteiger partial charge is 0.444 e. The van der Waals surface area contributed by atoms with Crippen LogP contribution in [0.1, 0.15) is 47.5 Å². The Hall–Kier alpha value is -0.810. The van der Waals surface area contributed by atoms with Gasteiger partial charge in [-0.05, 0) is 33.6 Å².